The second-order valence-corrected chi connectivity index (χ2v) is 4.78. The Hall–Kier alpha value is -1.91. The second-order valence-electron chi connectivity index (χ2n) is 4.78. The molecular formula is C14H20N2O3. The number of nitrogens with zero attached hydrogens (tertiary/aromatic N) is 1. The highest BCUT2D eigenvalue weighted by molar-refractivity contribution is 6.01. The van der Waals surface area contributed by atoms with Crippen LogP contribution in [-0.2, 0) is 0 Å². The van der Waals surface area contributed by atoms with Crippen LogP contribution in [0.1, 0.15) is 30.1 Å². The molecule has 1 aliphatic heterocycles. The Morgan fingerprint density at radius 3 is 2.63 bits per heavy atom. The predicted molar refractivity (Wildman–Crippen MR) is 73.7 cm³/mol. The number of amides is 1. The van der Waals surface area contributed by atoms with Gasteiger partial charge >= 0.3 is 0 Å². The van der Waals surface area contributed by atoms with Crippen LogP contribution >= 0.6 is 0 Å². The lowest BCUT2D eigenvalue weighted by atomic mass is 10.1. The fourth-order valence-electron chi connectivity index (χ4n) is 2.45. The van der Waals surface area contributed by atoms with Gasteiger partial charge in [-0.1, -0.05) is 0 Å². The van der Waals surface area contributed by atoms with Gasteiger partial charge in [-0.15, -0.1) is 0 Å². The standard InChI is InChI=1S/C14H20N2O3/c1-9-5-4-6-16(9)14(17)11-7-10(18-2)8-12(19-3)13(11)15/h7-9H,4-6,15H2,1-3H3. The highest BCUT2D eigenvalue weighted by Crippen LogP contribution is 2.33. The molecule has 19 heavy (non-hydrogen) atoms. The Balaban J connectivity index is 2.40. The third-order valence-corrected chi connectivity index (χ3v) is 3.62. The number of nitrogen functional groups attached to an aromatic ring is 1. The molecular weight excluding hydrogens is 244 g/mol. The number of anilines is 1. The van der Waals surface area contributed by atoms with Crippen LogP contribution in [0.2, 0.25) is 0 Å². The molecule has 1 fully saturated rings. The average molecular weight is 264 g/mol. The molecule has 1 aliphatic rings. The topological polar surface area (TPSA) is 64.8 Å². The molecule has 1 atom stereocenters. The summed E-state index contributed by atoms with van der Waals surface area (Å²) in [6.45, 7) is 2.83. The van der Waals surface area contributed by atoms with Gasteiger partial charge in [0.05, 0.1) is 25.5 Å². The van der Waals surface area contributed by atoms with Crippen molar-refractivity contribution in [3.63, 3.8) is 0 Å². The van der Waals surface area contributed by atoms with Crippen LogP contribution < -0.4 is 15.2 Å². The Kier molecular flexibility index (Phi) is 3.83. The highest BCUT2D eigenvalue weighted by Gasteiger charge is 2.28. The Morgan fingerprint density at radius 1 is 1.37 bits per heavy atom. The van der Waals surface area contributed by atoms with Crippen molar-refractivity contribution in [2.75, 3.05) is 26.5 Å². The zero-order valence-electron chi connectivity index (χ0n) is 11.6. The maximum atomic E-state index is 12.5. The molecule has 1 saturated heterocycles. The maximum Gasteiger partial charge on any atom is 0.256 e. The van der Waals surface area contributed by atoms with Gasteiger partial charge in [0.2, 0.25) is 0 Å². The molecule has 5 nitrogen and oxygen atoms in total. The van der Waals surface area contributed by atoms with E-state index in [-0.39, 0.29) is 11.9 Å². The molecule has 2 rings (SSSR count). The number of nitrogens with two attached hydrogens (primary N) is 1. The van der Waals surface area contributed by atoms with E-state index in [0.717, 1.165) is 19.4 Å². The van der Waals surface area contributed by atoms with Gasteiger partial charge in [0, 0.05) is 18.7 Å². The molecule has 1 heterocycles. The SMILES string of the molecule is COc1cc(OC)c(N)c(C(=O)N2CCCC2C)c1. The molecule has 0 radical (unpaired) electrons. The summed E-state index contributed by atoms with van der Waals surface area (Å²) < 4.78 is 10.4. The van der Waals surface area contributed by atoms with E-state index in [4.69, 9.17) is 15.2 Å². The quantitative estimate of drug-likeness (QED) is 0.847. The number of rotatable bonds is 3. The first-order chi connectivity index (χ1) is 9.08. The van der Waals surface area contributed by atoms with Gasteiger partial charge in [-0.2, -0.15) is 0 Å². The molecule has 1 unspecified atom stereocenters. The minimum atomic E-state index is -0.0558. The van der Waals surface area contributed by atoms with Crippen LogP contribution in [0.15, 0.2) is 12.1 Å². The van der Waals surface area contributed by atoms with Gasteiger partial charge in [0.1, 0.15) is 11.5 Å². The fraction of sp³-hybridized carbons (Fsp3) is 0.500. The van der Waals surface area contributed by atoms with Crippen molar-refractivity contribution in [1.82, 2.24) is 4.90 Å². The van der Waals surface area contributed by atoms with Crippen molar-refractivity contribution in [1.29, 1.82) is 0 Å². The van der Waals surface area contributed by atoms with Crippen molar-refractivity contribution in [2.24, 2.45) is 0 Å². The predicted octanol–water partition coefficient (Wildman–Crippen LogP) is 1.91. The van der Waals surface area contributed by atoms with Gasteiger partial charge in [-0.3, -0.25) is 4.79 Å². The number of hydrogen-bond donors (Lipinski definition) is 1. The third kappa shape index (κ3) is 2.45. The first-order valence-electron chi connectivity index (χ1n) is 6.41. The van der Waals surface area contributed by atoms with Gasteiger partial charge in [-0.25, -0.2) is 0 Å². The van der Waals surface area contributed by atoms with Gasteiger partial charge < -0.3 is 20.1 Å². The minimum absolute atomic E-state index is 0.0558. The summed E-state index contributed by atoms with van der Waals surface area (Å²) in [5, 5.41) is 0. The van der Waals surface area contributed by atoms with Crippen LogP contribution in [0, 0.1) is 0 Å². The molecule has 0 spiro atoms. The number of likely N-dealkylation sites (tertiary alicyclic amines) is 1. The van der Waals surface area contributed by atoms with Crippen LogP contribution in [0.25, 0.3) is 0 Å². The summed E-state index contributed by atoms with van der Waals surface area (Å²) in [5.41, 5.74) is 6.82. The van der Waals surface area contributed by atoms with Crippen LogP contribution in [0.3, 0.4) is 0 Å². The number of methoxy groups -OCH3 is 2. The summed E-state index contributed by atoms with van der Waals surface area (Å²) in [5.74, 6) is 0.982. The Labute approximate surface area is 113 Å². The van der Waals surface area contributed by atoms with E-state index in [2.05, 4.69) is 6.92 Å². The van der Waals surface area contributed by atoms with Crippen molar-refractivity contribution in [2.45, 2.75) is 25.8 Å². The maximum absolute atomic E-state index is 12.5. The summed E-state index contributed by atoms with van der Waals surface area (Å²) in [6.07, 6.45) is 2.07. The first kappa shape index (κ1) is 13.5. The number of benzene rings is 1. The van der Waals surface area contributed by atoms with E-state index in [0.29, 0.717) is 22.7 Å². The molecule has 1 aromatic rings. The van der Waals surface area contributed by atoms with Crippen molar-refractivity contribution in [3.8, 4) is 11.5 Å². The largest absolute Gasteiger partial charge is 0.497 e. The lowest BCUT2D eigenvalue weighted by Crippen LogP contribution is -2.34. The Morgan fingerprint density at radius 2 is 2.11 bits per heavy atom. The van der Waals surface area contributed by atoms with E-state index in [1.165, 1.54) is 7.11 Å². The fourth-order valence-corrected chi connectivity index (χ4v) is 2.45. The number of hydrogen-bond acceptors (Lipinski definition) is 4. The first-order valence-corrected chi connectivity index (χ1v) is 6.41. The van der Waals surface area contributed by atoms with Crippen molar-refractivity contribution < 1.29 is 14.3 Å². The molecule has 5 heteroatoms. The normalized spacial score (nSPS) is 18.5. The van der Waals surface area contributed by atoms with Gasteiger partial charge in [-0.05, 0) is 25.8 Å². The molecule has 0 bridgehead atoms. The number of carbonyl (C=O) groups excluding carboxylic acids is 1. The lowest BCUT2D eigenvalue weighted by molar-refractivity contribution is 0.0748. The minimum Gasteiger partial charge on any atom is -0.497 e. The molecule has 104 valence electrons. The molecule has 0 aliphatic carbocycles. The lowest BCUT2D eigenvalue weighted by Gasteiger charge is -2.23. The molecule has 1 aromatic carbocycles. The van der Waals surface area contributed by atoms with E-state index < -0.39 is 0 Å². The second kappa shape index (κ2) is 5.38. The van der Waals surface area contributed by atoms with Gasteiger partial charge in [0.15, 0.2) is 0 Å². The smallest absolute Gasteiger partial charge is 0.256 e. The zero-order chi connectivity index (χ0) is 14.0. The summed E-state index contributed by atoms with van der Waals surface area (Å²) in [7, 11) is 3.08. The molecule has 2 N–H and O–H groups in total. The zero-order valence-corrected chi connectivity index (χ0v) is 11.6. The molecule has 1 amide bonds. The van der Waals surface area contributed by atoms with Crippen molar-refractivity contribution in [3.05, 3.63) is 17.7 Å². The van der Waals surface area contributed by atoms with E-state index in [1.54, 1.807) is 19.2 Å². The summed E-state index contributed by atoms with van der Waals surface area (Å²) in [6, 6.07) is 3.61. The third-order valence-electron chi connectivity index (χ3n) is 3.62. The average Bonchev–Trinajstić information content (AvgIpc) is 2.84. The van der Waals surface area contributed by atoms with Gasteiger partial charge in [0.25, 0.3) is 5.91 Å². The number of carbonyl (C=O) groups is 1. The summed E-state index contributed by atoms with van der Waals surface area (Å²) in [4.78, 5) is 14.4. The molecule has 0 aromatic heterocycles. The molecule has 0 saturated carbocycles. The van der Waals surface area contributed by atoms with E-state index in [1.807, 2.05) is 4.90 Å². The van der Waals surface area contributed by atoms with E-state index in [9.17, 15) is 4.79 Å². The summed E-state index contributed by atoms with van der Waals surface area (Å²) >= 11 is 0. The van der Waals surface area contributed by atoms with Crippen molar-refractivity contribution >= 4 is 11.6 Å². The van der Waals surface area contributed by atoms with Crippen LogP contribution in [0.5, 0.6) is 11.5 Å². The highest BCUT2D eigenvalue weighted by atomic mass is 16.5. The van der Waals surface area contributed by atoms with E-state index >= 15 is 0 Å². The van der Waals surface area contributed by atoms with Crippen LogP contribution in [-0.4, -0.2) is 37.6 Å². The van der Waals surface area contributed by atoms with Crippen LogP contribution in [0.4, 0.5) is 5.69 Å². The number of ether oxygens (including phenoxy) is 2. The Bertz CT molecular complexity index is 488. The monoisotopic (exact) mass is 264 g/mol.